The summed E-state index contributed by atoms with van der Waals surface area (Å²) >= 11 is 7.59. The molecule has 0 aliphatic carbocycles. The third kappa shape index (κ3) is 3.85. The van der Waals surface area contributed by atoms with Crippen LogP contribution in [-0.4, -0.2) is 20.5 Å². The molecule has 8 heteroatoms. The van der Waals surface area contributed by atoms with E-state index in [1.165, 1.54) is 18.4 Å². The lowest BCUT2D eigenvalue weighted by Crippen LogP contribution is -2.14. The number of anilines is 1. The zero-order valence-corrected chi connectivity index (χ0v) is 16.8. The van der Waals surface area contributed by atoms with Crippen LogP contribution in [0.5, 0.6) is 5.75 Å². The van der Waals surface area contributed by atoms with Crippen LogP contribution in [-0.2, 0) is 10.0 Å². The Morgan fingerprint density at radius 3 is 2.54 bits per heavy atom. The number of halogens is 1. The van der Waals surface area contributed by atoms with E-state index in [9.17, 15) is 8.42 Å². The molecule has 0 bridgehead atoms. The Hall–Kier alpha value is -2.09. The van der Waals surface area contributed by atoms with Crippen molar-refractivity contribution in [2.24, 2.45) is 0 Å². The first-order valence-corrected chi connectivity index (χ1v) is 10.4. The van der Waals surface area contributed by atoms with Gasteiger partial charge in [0.1, 0.15) is 10.6 Å². The third-order valence-corrected chi connectivity index (χ3v) is 6.38. The van der Waals surface area contributed by atoms with Crippen molar-refractivity contribution in [3.05, 3.63) is 57.4 Å². The number of aromatic nitrogens is 1. The first-order valence-electron chi connectivity index (χ1n) is 7.69. The highest BCUT2D eigenvalue weighted by atomic mass is 35.5. The zero-order valence-electron chi connectivity index (χ0n) is 14.4. The Bertz CT molecular complexity index is 1060. The van der Waals surface area contributed by atoms with Crippen molar-refractivity contribution >= 4 is 38.6 Å². The van der Waals surface area contributed by atoms with Crippen molar-refractivity contribution < 1.29 is 13.2 Å². The quantitative estimate of drug-likeness (QED) is 0.652. The second-order valence-corrected chi connectivity index (χ2v) is 8.81. The van der Waals surface area contributed by atoms with E-state index in [-0.39, 0.29) is 10.6 Å². The van der Waals surface area contributed by atoms with Gasteiger partial charge in [-0.3, -0.25) is 4.72 Å². The van der Waals surface area contributed by atoms with Gasteiger partial charge >= 0.3 is 0 Å². The fourth-order valence-electron chi connectivity index (χ4n) is 2.41. The third-order valence-electron chi connectivity index (χ3n) is 3.79. The number of benzene rings is 2. The van der Waals surface area contributed by atoms with E-state index in [0.717, 1.165) is 16.3 Å². The van der Waals surface area contributed by atoms with Crippen molar-refractivity contribution in [3.63, 3.8) is 0 Å². The molecule has 0 unspecified atom stereocenters. The van der Waals surface area contributed by atoms with Gasteiger partial charge in [-0.1, -0.05) is 17.7 Å². The zero-order chi connectivity index (χ0) is 18.9. The summed E-state index contributed by atoms with van der Waals surface area (Å²) in [5.74, 6) is 0.256. The van der Waals surface area contributed by atoms with E-state index in [1.807, 2.05) is 19.2 Å². The average molecular weight is 409 g/mol. The molecular formula is C18H17ClN2O3S2. The first kappa shape index (κ1) is 18.7. The van der Waals surface area contributed by atoms with Crippen LogP contribution in [0.15, 0.2) is 46.7 Å². The largest absolute Gasteiger partial charge is 0.495 e. The summed E-state index contributed by atoms with van der Waals surface area (Å²) in [4.78, 5) is 4.45. The number of hydrogen-bond acceptors (Lipinski definition) is 5. The van der Waals surface area contributed by atoms with Gasteiger partial charge in [-0.2, -0.15) is 0 Å². The number of aryl methyl sites for hydroxylation is 2. The predicted molar refractivity (Wildman–Crippen MR) is 106 cm³/mol. The molecule has 1 heterocycles. The highest BCUT2D eigenvalue weighted by Crippen LogP contribution is 2.32. The van der Waals surface area contributed by atoms with Gasteiger partial charge in [-0.25, -0.2) is 13.4 Å². The summed E-state index contributed by atoms with van der Waals surface area (Å²) < 4.78 is 33.6. The molecule has 0 aliphatic heterocycles. The van der Waals surface area contributed by atoms with Crippen LogP contribution in [0.1, 0.15) is 10.6 Å². The number of thiazole rings is 1. The van der Waals surface area contributed by atoms with Gasteiger partial charge in [0.15, 0.2) is 0 Å². The maximum Gasteiger partial charge on any atom is 0.265 e. The standard InChI is InChI=1S/C18H17ClN2O3S2/c1-11-4-6-14(9-15(11)19)21-26(22,23)18-8-13(5-7-17(18)24-3)16-10-25-12(2)20-16/h4-10,21H,1-3H3. The van der Waals surface area contributed by atoms with E-state index in [0.29, 0.717) is 16.3 Å². The Morgan fingerprint density at radius 2 is 1.92 bits per heavy atom. The summed E-state index contributed by atoms with van der Waals surface area (Å²) in [6, 6.07) is 9.97. The van der Waals surface area contributed by atoms with Crippen molar-refractivity contribution in [2.75, 3.05) is 11.8 Å². The molecule has 0 radical (unpaired) electrons. The summed E-state index contributed by atoms with van der Waals surface area (Å²) in [7, 11) is -2.43. The van der Waals surface area contributed by atoms with Crippen LogP contribution in [0, 0.1) is 13.8 Å². The van der Waals surface area contributed by atoms with E-state index in [2.05, 4.69) is 9.71 Å². The molecule has 0 saturated heterocycles. The molecule has 1 aromatic heterocycles. The SMILES string of the molecule is COc1ccc(-c2csc(C)n2)cc1S(=O)(=O)Nc1ccc(C)c(Cl)c1. The van der Waals surface area contributed by atoms with Crippen LogP contribution in [0.4, 0.5) is 5.69 Å². The van der Waals surface area contributed by atoms with Gasteiger partial charge in [0.2, 0.25) is 0 Å². The maximum atomic E-state index is 12.9. The van der Waals surface area contributed by atoms with Gasteiger partial charge in [-0.15, -0.1) is 11.3 Å². The fourth-order valence-corrected chi connectivity index (χ4v) is 4.46. The molecule has 0 fully saturated rings. The van der Waals surface area contributed by atoms with Crippen molar-refractivity contribution in [3.8, 4) is 17.0 Å². The Labute approximate surface area is 161 Å². The van der Waals surface area contributed by atoms with Gasteiger partial charge in [0.05, 0.1) is 23.5 Å². The molecule has 3 aromatic rings. The van der Waals surface area contributed by atoms with E-state index < -0.39 is 10.0 Å². The van der Waals surface area contributed by atoms with Crippen LogP contribution in [0.3, 0.4) is 0 Å². The lowest BCUT2D eigenvalue weighted by atomic mass is 10.2. The number of hydrogen-bond donors (Lipinski definition) is 1. The van der Waals surface area contributed by atoms with Gasteiger partial charge in [-0.05, 0) is 49.7 Å². The van der Waals surface area contributed by atoms with Crippen molar-refractivity contribution in [1.29, 1.82) is 0 Å². The number of nitrogens with one attached hydrogen (secondary N) is 1. The molecule has 5 nitrogen and oxygen atoms in total. The number of rotatable bonds is 5. The summed E-state index contributed by atoms with van der Waals surface area (Å²) in [6.07, 6.45) is 0. The topological polar surface area (TPSA) is 68.3 Å². The number of methoxy groups -OCH3 is 1. The Morgan fingerprint density at radius 1 is 1.15 bits per heavy atom. The van der Waals surface area contributed by atoms with Crippen LogP contribution < -0.4 is 9.46 Å². The fraction of sp³-hybridized carbons (Fsp3) is 0.167. The molecule has 2 aromatic carbocycles. The second-order valence-electron chi connectivity index (χ2n) is 5.69. The highest BCUT2D eigenvalue weighted by Gasteiger charge is 2.21. The average Bonchev–Trinajstić information content (AvgIpc) is 3.04. The molecule has 0 spiro atoms. The smallest absolute Gasteiger partial charge is 0.265 e. The highest BCUT2D eigenvalue weighted by molar-refractivity contribution is 7.92. The van der Waals surface area contributed by atoms with E-state index >= 15 is 0 Å². The van der Waals surface area contributed by atoms with Crippen LogP contribution in [0.2, 0.25) is 5.02 Å². The first-order chi connectivity index (χ1) is 12.3. The Kier molecular flexibility index (Phi) is 5.22. The molecule has 0 aliphatic rings. The number of nitrogens with zero attached hydrogens (tertiary/aromatic N) is 1. The molecule has 3 rings (SSSR count). The summed E-state index contributed by atoms with van der Waals surface area (Å²) in [6.45, 7) is 3.75. The lowest BCUT2D eigenvalue weighted by molar-refractivity contribution is 0.403. The second kappa shape index (κ2) is 7.26. The van der Waals surface area contributed by atoms with E-state index in [1.54, 1.807) is 36.4 Å². The normalized spacial score (nSPS) is 11.4. The molecular weight excluding hydrogens is 392 g/mol. The van der Waals surface area contributed by atoms with Crippen molar-refractivity contribution in [2.45, 2.75) is 18.7 Å². The van der Waals surface area contributed by atoms with E-state index in [4.69, 9.17) is 16.3 Å². The van der Waals surface area contributed by atoms with Crippen molar-refractivity contribution in [1.82, 2.24) is 4.98 Å². The van der Waals surface area contributed by atoms with Gasteiger partial charge < -0.3 is 4.74 Å². The predicted octanol–water partition coefficient (Wildman–Crippen LogP) is 4.89. The van der Waals surface area contributed by atoms with Gasteiger partial charge in [0, 0.05) is 16.0 Å². The maximum absolute atomic E-state index is 12.9. The lowest BCUT2D eigenvalue weighted by Gasteiger charge is -2.13. The number of sulfonamides is 1. The molecule has 136 valence electrons. The minimum atomic E-state index is -3.87. The molecule has 0 saturated carbocycles. The molecule has 26 heavy (non-hydrogen) atoms. The molecule has 1 N–H and O–H groups in total. The van der Waals surface area contributed by atoms with Crippen LogP contribution >= 0.6 is 22.9 Å². The van der Waals surface area contributed by atoms with Crippen LogP contribution in [0.25, 0.3) is 11.3 Å². The monoisotopic (exact) mass is 408 g/mol. The Balaban J connectivity index is 2.03. The van der Waals surface area contributed by atoms with Gasteiger partial charge in [0.25, 0.3) is 10.0 Å². The molecule has 0 atom stereocenters. The summed E-state index contributed by atoms with van der Waals surface area (Å²) in [5, 5.41) is 3.29. The minimum absolute atomic E-state index is 0.0415. The molecule has 0 amide bonds. The minimum Gasteiger partial charge on any atom is -0.495 e. The summed E-state index contributed by atoms with van der Waals surface area (Å²) in [5.41, 5.74) is 2.69. The number of ether oxygens (including phenoxy) is 1.